The first-order valence-electron chi connectivity index (χ1n) is 11.2. The van der Waals surface area contributed by atoms with Gasteiger partial charge >= 0.3 is 5.97 Å². The molecule has 2 aliphatic rings. The summed E-state index contributed by atoms with van der Waals surface area (Å²) in [6.45, 7) is 1.99. The minimum absolute atomic E-state index is 0.178. The Balaban J connectivity index is 1.34. The van der Waals surface area contributed by atoms with Crippen LogP contribution in [0.3, 0.4) is 0 Å². The van der Waals surface area contributed by atoms with Crippen molar-refractivity contribution in [1.29, 1.82) is 0 Å². The van der Waals surface area contributed by atoms with E-state index in [-0.39, 0.29) is 11.8 Å². The van der Waals surface area contributed by atoms with Gasteiger partial charge in [-0.3, -0.25) is 9.59 Å². The lowest BCUT2D eigenvalue weighted by Gasteiger charge is -2.31. The maximum Gasteiger partial charge on any atom is 0.306 e. The zero-order valence-electron chi connectivity index (χ0n) is 17.8. The molecule has 0 radical (unpaired) electrons. The van der Waals surface area contributed by atoms with Gasteiger partial charge in [0.15, 0.2) is 0 Å². The molecule has 168 valence electrons. The molecule has 1 aliphatic heterocycles. The molecule has 3 aromatic rings. The third kappa shape index (κ3) is 4.16. The molecule has 5 rings (SSSR count). The van der Waals surface area contributed by atoms with Crippen molar-refractivity contribution in [3.05, 3.63) is 50.9 Å². The zero-order chi connectivity index (χ0) is 22.2. The molecule has 0 spiro atoms. The number of hydrogen-bond donors (Lipinski definition) is 1. The van der Waals surface area contributed by atoms with Crippen molar-refractivity contribution >= 4 is 45.8 Å². The van der Waals surface area contributed by atoms with Crippen LogP contribution in [-0.4, -0.2) is 38.0 Å². The van der Waals surface area contributed by atoms with Crippen LogP contribution >= 0.6 is 22.9 Å². The van der Waals surface area contributed by atoms with E-state index in [1.165, 1.54) is 22.3 Å². The van der Waals surface area contributed by atoms with Crippen LogP contribution in [-0.2, 0) is 29.1 Å². The Morgan fingerprint density at radius 3 is 2.78 bits per heavy atom. The van der Waals surface area contributed by atoms with Crippen molar-refractivity contribution < 1.29 is 14.7 Å². The molecule has 0 atom stereocenters. The van der Waals surface area contributed by atoms with Gasteiger partial charge in [-0.2, -0.15) is 0 Å². The topological polar surface area (TPSA) is 75.4 Å². The van der Waals surface area contributed by atoms with E-state index < -0.39 is 5.97 Å². The molecular weight excluding hydrogens is 446 g/mol. The van der Waals surface area contributed by atoms with Gasteiger partial charge in [0, 0.05) is 30.2 Å². The zero-order valence-corrected chi connectivity index (χ0v) is 19.4. The normalized spacial score (nSPS) is 21.0. The fourth-order valence-electron chi connectivity index (χ4n) is 5.24. The highest BCUT2D eigenvalue weighted by Crippen LogP contribution is 2.34. The van der Waals surface area contributed by atoms with Crippen molar-refractivity contribution in [3.8, 4) is 0 Å². The summed E-state index contributed by atoms with van der Waals surface area (Å²) in [6.07, 6.45) is 6.17. The monoisotopic (exact) mass is 471 g/mol. The number of aliphatic carboxylic acids is 1. The van der Waals surface area contributed by atoms with Gasteiger partial charge in [-0.15, -0.1) is 11.3 Å². The van der Waals surface area contributed by atoms with Crippen LogP contribution in [0.25, 0.3) is 11.0 Å². The maximum atomic E-state index is 13.1. The lowest BCUT2D eigenvalue weighted by atomic mass is 9.80. The average Bonchev–Trinajstić information content (AvgIpc) is 3.35. The number of rotatable bonds is 5. The molecule has 1 aliphatic carbocycles. The van der Waals surface area contributed by atoms with Crippen LogP contribution in [0.2, 0.25) is 4.34 Å². The van der Waals surface area contributed by atoms with Gasteiger partial charge in [0.2, 0.25) is 5.91 Å². The number of carbonyl (C=O) groups excluding carboxylic acids is 1. The lowest BCUT2D eigenvalue weighted by Crippen LogP contribution is -2.38. The highest BCUT2D eigenvalue weighted by molar-refractivity contribution is 7.14. The van der Waals surface area contributed by atoms with Gasteiger partial charge in [0.25, 0.3) is 0 Å². The van der Waals surface area contributed by atoms with Gasteiger partial charge in [-0.25, -0.2) is 4.98 Å². The number of carboxylic acid groups (broad SMARTS) is 1. The van der Waals surface area contributed by atoms with Crippen LogP contribution in [0.15, 0.2) is 29.8 Å². The van der Waals surface area contributed by atoms with E-state index in [1.54, 1.807) is 0 Å². The fraction of sp³-hybridized carbons (Fsp3) is 0.458. The summed E-state index contributed by atoms with van der Waals surface area (Å²) in [4.78, 5) is 31.0. The highest BCUT2D eigenvalue weighted by Gasteiger charge is 2.31. The number of aromatic nitrogens is 2. The molecule has 1 fully saturated rings. The van der Waals surface area contributed by atoms with E-state index in [2.05, 4.69) is 21.0 Å². The SMILES string of the molecule is O=C(C[C@H]1CC[C@@H](C(=O)O)CC1)N1CCc2c(n(Cc3csc(Cl)c3)c3ncccc23)C1. The van der Waals surface area contributed by atoms with Gasteiger partial charge in [0.05, 0.1) is 23.3 Å². The number of amides is 1. The van der Waals surface area contributed by atoms with Crippen molar-refractivity contribution in [1.82, 2.24) is 14.5 Å². The Morgan fingerprint density at radius 2 is 2.06 bits per heavy atom. The predicted octanol–water partition coefficient (Wildman–Crippen LogP) is 4.97. The minimum atomic E-state index is -0.702. The Bertz CT molecular complexity index is 1160. The third-order valence-electron chi connectivity index (χ3n) is 6.99. The largest absolute Gasteiger partial charge is 0.481 e. The Morgan fingerprint density at radius 1 is 1.25 bits per heavy atom. The molecule has 0 saturated heterocycles. The molecule has 32 heavy (non-hydrogen) atoms. The standard InChI is InChI=1S/C24H26ClN3O3S/c25-21-10-16(14-32-21)12-28-20-13-27(9-7-18(20)19-2-1-8-26-23(19)28)22(29)11-15-3-5-17(6-4-15)24(30)31/h1-2,8,10,14-15,17H,3-7,9,11-13H2,(H,30,31)/t15-,17+. The minimum Gasteiger partial charge on any atom is -0.481 e. The quantitative estimate of drug-likeness (QED) is 0.570. The molecule has 1 amide bonds. The van der Waals surface area contributed by atoms with Crippen LogP contribution in [0, 0.1) is 11.8 Å². The molecule has 3 aromatic heterocycles. The van der Waals surface area contributed by atoms with Crippen molar-refractivity contribution in [2.45, 2.75) is 51.6 Å². The molecule has 0 unspecified atom stereocenters. The number of pyridine rings is 1. The Kier molecular flexibility index (Phi) is 5.95. The number of hydrogen-bond acceptors (Lipinski definition) is 4. The number of carbonyl (C=O) groups is 2. The molecule has 0 aromatic carbocycles. The summed E-state index contributed by atoms with van der Waals surface area (Å²) in [6, 6.07) is 6.09. The summed E-state index contributed by atoms with van der Waals surface area (Å²) >= 11 is 7.68. The van der Waals surface area contributed by atoms with E-state index in [9.17, 15) is 14.7 Å². The van der Waals surface area contributed by atoms with Gasteiger partial charge in [-0.1, -0.05) is 11.6 Å². The Labute approximate surface area is 195 Å². The van der Waals surface area contributed by atoms with E-state index in [1.807, 2.05) is 23.2 Å². The van der Waals surface area contributed by atoms with Crippen LogP contribution < -0.4 is 0 Å². The first-order valence-corrected chi connectivity index (χ1v) is 12.4. The second kappa shape index (κ2) is 8.87. The van der Waals surface area contributed by atoms with E-state index in [4.69, 9.17) is 11.6 Å². The number of carboxylic acids is 1. The molecular formula is C24H26ClN3O3S. The van der Waals surface area contributed by atoms with Crippen LogP contribution in [0.1, 0.15) is 48.9 Å². The summed E-state index contributed by atoms with van der Waals surface area (Å²) in [5.74, 6) is -0.475. The van der Waals surface area contributed by atoms with E-state index in [0.717, 1.165) is 40.5 Å². The van der Waals surface area contributed by atoms with Crippen molar-refractivity contribution in [2.75, 3.05) is 6.54 Å². The number of thiophene rings is 1. The van der Waals surface area contributed by atoms with Gasteiger partial charge in [0.1, 0.15) is 5.65 Å². The first kappa shape index (κ1) is 21.5. The number of nitrogens with zero attached hydrogens (tertiary/aromatic N) is 3. The average molecular weight is 472 g/mol. The second-order valence-corrected chi connectivity index (χ2v) is 10.5. The molecule has 1 saturated carbocycles. The van der Waals surface area contributed by atoms with Gasteiger partial charge in [-0.05, 0) is 72.7 Å². The smallest absolute Gasteiger partial charge is 0.306 e. The molecule has 6 nitrogen and oxygen atoms in total. The molecule has 4 heterocycles. The Hall–Kier alpha value is -2.38. The van der Waals surface area contributed by atoms with Gasteiger partial charge < -0.3 is 14.6 Å². The molecule has 0 bridgehead atoms. The fourth-order valence-corrected chi connectivity index (χ4v) is 6.14. The third-order valence-corrected chi connectivity index (χ3v) is 8.13. The summed E-state index contributed by atoms with van der Waals surface area (Å²) in [7, 11) is 0. The van der Waals surface area contributed by atoms with Crippen molar-refractivity contribution in [2.24, 2.45) is 11.8 Å². The maximum absolute atomic E-state index is 13.1. The van der Waals surface area contributed by atoms with E-state index in [0.29, 0.717) is 44.8 Å². The number of halogens is 1. The molecule has 1 N–H and O–H groups in total. The second-order valence-electron chi connectivity index (χ2n) is 8.97. The van der Waals surface area contributed by atoms with Crippen LogP contribution in [0.5, 0.6) is 0 Å². The van der Waals surface area contributed by atoms with Crippen molar-refractivity contribution in [3.63, 3.8) is 0 Å². The molecule has 8 heteroatoms. The van der Waals surface area contributed by atoms with E-state index >= 15 is 0 Å². The predicted molar refractivity (Wildman–Crippen MR) is 125 cm³/mol. The summed E-state index contributed by atoms with van der Waals surface area (Å²) in [5, 5.41) is 12.4. The highest BCUT2D eigenvalue weighted by atomic mass is 35.5. The van der Waals surface area contributed by atoms with Crippen LogP contribution in [0.4, 0.5) is 0 Å². The first-order chi connectivity index (χ1) is 15.5. The summed E-state index contributed by atoms with van der Waals surface area (Å²) in [5.41, 5.74) is 4.56. The summed E-state index contributed by atoms with van der Waals surface area (Å²) < 4.78 is 3.01. The number of fused-ring (bicyclic) bond motifs is 3. The lowest BCUT2D eigenvalue weighted by molar-refractivity contribution is -0.143.